The van der Waals surface area contributed by atoms with Gasteiger partial charge in [-0.15, -0.1) is 0 Å². The van der Waals surface area contributed by atoms with Crippen LogP contribution >= 0.6 is 0 Å². The first-order valence-electron chi connectivity index (χ1n) is 11.1. The van der Waals surface area contributed by atoms with Gasteiger partial charge in [0.1, 0.15) is 5.69 Å². The number of carbonyl (C=O) groups excluding carboxylic acids is 1. The van der Waals surface area contributed by atoms with E-state index in [1.165, 1.54) is 71.3 Å². The molecule has 0 aliphatic carbocycles. The molecule has 1 aromatic rings. The number of methoxy groups -OCH3 is 1. The van der Waals surface area contributed by atoms with Crippen molar-refractivity contribution in [2.75, 3.05) is 7.11 Å². The number of esters is 1. The Morgan fingerprint density at radius 3 is 2.11 bits per heavy atom. The van der Waals surface area contributed by atoms with Crippen LogP contribution in [0.2, 0.25) is 0 Å². The van der Waals surface area contributed by atoms with Crippen LogP contribution in [0.1, 0.15) is 114 Å². The molecule has 0 amide bonds. The number of nitrogens with zero attached hydrogens (tertiary/aromatic N) is 1. The number of pyridine rings is 1. The highest BCUT2D eigenvalue weighted by molar-refractivity contribution is 5.87. The van der Waals surface area contributed by atoms with Gasteiger partial charge in [-0.05, 0) is 30.4 Å². The van der Waals surface area contributed by atoms with Gasteiger partial charge in [-0.25, -0.2) is 9.78 Å². The van der Waals surface area contributed by atoms with Crippen LogP contribution in [0.25, 0.3) is 0 Å². The fourth-order valence-corrected chi connectivity index (χ4v) is 3.74. The molecule has 0 saturated carbocycles. The molecule has 0 spiro atoms. The van der Waals surface area contributed by atoms with Gasteiger partial charge in [0.2, 0.25) is 0 Å². The van der Waals surface area contributed by atoms with Crippen molar-refractivity contribution in [2.45, 2.75) is 97.8 Å². The average molecular weight is 386 g/mol. The molecule has 0 aliphatic rings. The van der Waals surface area contributed by atoms with E-state index in [1.807, 2.05) is 6.07 Å². The zero-order valence-electron chi connectivity index (χ0n) is 18.5. The Labute approximate surface area is 172 Å². The molecule has 1 aromatic heterocycles. The topological polar surface area (TPSA) is 39.2 Å². The van der Waals surface area contributed by atoms with Crippen LogP contribution in [-0.2, 0) is 4.74 Å². The number of ether oxygens (including phenoxy) is 1. The minimum Gasteiger partial charge on any atom is -0.464 e. The summed E-state index contributed by atoms with van der Waals surface area (Å²) >= 11 is 0. The Morgan fingerprint density at radius 1 is 0.964 bits per heavy atom. The molecule has 0 radical (unpaired) electrons. The maximum Gasteiger partial charge on any atom is 0.356 e. The predicted molar refractivity (Wildman–Crippen MR) is 117 cm³/mol. The Hall–Kier alpha value is -1.82. The second kappa shape index (κ2) is 14.2. The Bertz CT molecular complexity index is 597. The molecular weight excluding hydrogens is 346 g/mol. The lowest BCUT2D eigenvalue weighted by Gasteiger charge is -2.30. The largest absolute Gasteiger partial charge is 0.464 e. The highest BCUT2D eigenvalue weighted by atomic mass is 16.5. The summed E-state index contributed by atoms with van der Waals surface area (Å²) in [6.45, 7) is 7.05. The van der Waals surface area contributed by atoms with Gasteiger partial charge in [0, 0.05) is 18.2 Å². The monoisotopic (exact) mass is 385 g/mol. The average Bonchev–Trinajstić information content (AvgIpc) is 2.75. The van der Waals surface area contributed by atoms with E-state index < -0.39 is 5.97 Å². The van der Waals surface area contributed by atoms with Gasteiger partial charge < -0.3 is 4.74 Å². The molecule has 0 atom stereocenters. The van der Waals surface area contributed by atoms with Crippen LogP contribution < -0.4 is 0 Å². The molecule has 3 nitrogen and oxygen atoms in total. The van der Waals surface area contributed by atoms with Crippen molar-refractivity contribution in [3.63, 3.8) is 0 Å². The number of carbonyl (C=O) groups is 1. The molecule has 1 heterocycles. The van der Waals surface area contributed by atoms with Crippen LogP contribution in [0.4, 0.5) is 0 Å². The number of rotatable bonds is 13. The number of aromatic nitrogens is 1. The number of unbranched alkanes of at least 4 members (excludes halogenated alkanes) is 7. The lowest BCUT2D eigenvalue weighted by atomic mass is 9.75. The van der Waals surface area contributed by atoms with Crippen molar-refractivity contribution in [2.24, 2.45) is 5.41 Å². The normalized spacial score (nSPS) is 11.0. The fourth-order valence-electron chi connectivity index (χ4n) is 3.74. The van der Waals surface area contributed by atoms with Gasteiger partial charge >= 0.3 is 5.97 Å². The summed E-state index contributed by atoms with van der Waals surface area (Å²) < 4.78 is 4.64. The van der Waals surface area contributed by atoms with Gasteiger partial charge in [-0.3, -0.25) is 0 Å². The molecule has 0 unspecified atom stereocenters. The summed E-state index contributed by atoms with van der Waals surface area (Å²) in [5.74, 6) is 5.90. The van der Waals surface area contributed by atoms with Crippen LogP contribution in [0.3, 0.4) is 0 Å². The Kier molecular flexibility index (Phi) is 12.3. The summed E-state index contributed by atoms with van der Waals surface area (Å²) in [4.78, 5) is 15.4. The second-order valence-corrected chi connectivity index (χ2v) is 7.76. The zero-order chi connectivity index (χ0) is 20.7. The molecule has 0 saturated heterocycles. The van der Waals surface area contributed by atoms with Crippen LogP contribution in [0, 0.1) is 17.3 Å². The first-order valence-corrected chi connectivity index (χ1v) is 11.1. The highest BCUT2D eigenvalue weighted by Crippen LogP contribution is 2.36. The van der Waals surface area contributed by atoms with Crippen molar-refractivity contribution >= 4 is 5.97 Å². The Morgan fingerprint density at radius 2 is 1.57 bits per heavy atom. The van der Waals surface area contributed by atoms with Crippen molar-refractivity contribution < 1.29 is 9.53 Å². The van der Waals surface area contributed by atoms with E-state index in [1.54, 1.807) is 12.3 Å². The minimum atomic E-state index is -0.417. The van der Waals surface area contributed by atoms with Crippen molar-refractivity contribution in [1.82, 2.24) is 4.98 Å². The van der Waals surface area contributed by atoms with Crippen LogP contribution in [0.5, 0.6) is 0 Å². The maximum atomic E-state index is 11.3. The summed E-state index contributed by atoms with van der Waals surface area (Å²) in [6, 6.07) is 3.47. The predicted octanol–water partition coefficient (Wildman–Crippen LogP) is 6.95. The standard InChI is InChI=1S/C25H39NO2/c1-5-25(6-2,7-3)20-16-14-12-10-8-9-11-13-15-17-22-18-19-23(26-21-22)24(27)28-4/h18-19,21H,5-14,16,20H2,1-4H3. The molecule has 1 rings (SSSR count). The van der Waals surface area contributed by atoms with Crippen molar-refractivity contribution in [1.29, 1.82) is 0 Å². The molecule has 0 aromatic carbocycles. The smallest absolute Gasteiger partial charge is 0.356 e. The minimum absolute atomic E-state index is 0.317. The first kappa shape index (κ1) is 24.2. The van der Waals surface area contributed by atoms with E-state index in [0.29, 0.717) is 11.1 Å². The molecule has 0 bridgehead atoms. The summed E-state index contributed by atoms with van der Waals surface area (Å²) in [5, 5.41) is 0. The molecule has 0 fully saturated rings. The Balaban J connectivity index is 2.08. The fraction of sp³-hybridized carbons (Fsp3) is 0.680. The SMILES string of the molecule is CCC(CC)(CC)CCCCCCCCCC#Cc1ccc(C(=O)OC)nc1. The van der Waals surface area contributed by atoms with Gasteiger partial charge in [0.25, 0.3) is 0 Å². The number of hydrogen-bond donors (Lipinski definition) is 0. The highest BCUT2D eigenvalue weighted by Gasteiger charge is 2.22. The van der Waals surface area contributed by atoms with E-state index in [-0.39, 0.29) is 0 Å². The molecule has 28 heavy (non-hydrogen) atoms. The number of hydrogen-bond acceptors (Lipinski definition) is 3. The second-order valence-electron chi connectivity index (χ2n) is 7.76. The molecule has 3 heteroatoms. The molecular formula is C25H39NO2. The van der Waals surface area contributed by atoms with E-state index >= 15 is 0 Å². The summed E-state index contributed by atoms with van der Waals surface area (Å²) in [5.41, 5.74) is 1.76. The third-order valence-corrected chi connectivity index (χ3v) is 6.15. The van der Waals surface area contributed by atoms with Gasteiger partial charge in [-0.2, -0.15) is 0 Å². The van der Waals surface area contributed by atoms with Crippen LogP contribution in [-0.4, -0.2) is 18.1 Å². The quantitative estimate of drug-likeness (QED) is 0.209. The molecule has 156 valence electrons. The zero-order valence-corrected chi connectivity index (χ0v) is 18.5. The van der Waals surface area contributed by atoms with E-state index in [0.717, 1.165) is 18.4 Å². The summed E-state index contributed by atoms with van der Waals surface area (Å²) in [6.07, 6.45) is 17.2. The lowest BCUT2D eigenvalue weighted by Crippen LogP contribution is -2.17. The van der Waals surface area contributed by atoms with Crippen molar-refractivity contribution in [3.8, 4) is 11.8 Å². The molecule has 0 N–H and O–H groups in total. The van der Waals surface area contributed by atoms with Gasteiger partial charge in [-0.1, -0.05) is 90.4 Å². The van der Waals surface area contributed by atoms with E-state index in [4.69, 9.17) is 0 Å². The third-order valence-electron chi connectivity index (χ3n) is 6.15. The van der Waals surface area contributed by atoms with Gasteiger partial charge in [0.05, 0.1) is 7.11 Å². The van der Waals surface area contributed by atoms with Gasteiger partial charge in [0.15, 0.2) is 0 Å². The van der Waals surface area contributed by atoms with E-state index in [9.17, 15) is 4.79 Å². The van der Waals surface area contributed by atoms with Crippen LogP contribution in [0.15, 0.2) is 18.3 Å². The lowest BCUT2D eigenvalue weighted by molar-refractivity contribution is 0.0594. The van der Waals surface area contributed by atoms with E-state index in [2.05, 4.69) is 42.3 Å². The van der Waals surface area contributed by atoms with Crippen molar-refractivity contribution in [3.05, 3.63) is 29.6 Å². The first-order chi connectivity index (χ1) is 13.6. The molecule has 0 aliphatic heterocycles. The summed E-state index contributed by atoms with van der Waals surface area (Å²) in [7, 11) is 1.35. The maximum absolute atomic E-state index is 11.3. The third kappa shape index (κ3) is 8.91.